The lowest BCUT2D eigenvalue weighted by atomic mass is 9.96. The molecule has 0 unspecified atom stereocenters. The van der Waals surface area contributed by atoms with E-state index in [1.165, 1.54) is 17.8 Å². The highest BCUT2D eigenvalue weighted by molar-refractivity contribution is 8.11. The van der Waals surface area contributed by atoms with Gasteiger partial charge in [-0.05, 0) is 42.5 Å². The molecule has 1 heterocycles. The maximum Gasteiger partial charge on any atom is 0.251 e. The Morgan fingerprint density at radius 3 is 2.39 bits per heavy atom. The quantitative estimate of drug-likeness (QED) is 0.714. The third kappa shape index (κ3) is 5.96. The maximum atomic E-state index is 12.5. The van der Waals surface area contributed by atoms with Gasteiger partial charge >= 0.3 is 0 Å². The van der Waals surface area contributed by atoms with Gasteiger partial charge in [0.05, 0.1) is 0 Å². The van der Waals surface area contributed by atoms with Crippen molar-refractivity contribution >= 4 is 22.6 Å². The predicted molar refractivity (Wildman–Crippen MR) is 116 cm³/mol. The van der Waals surface area contributed by atoms with E-state index >= 15 is 0 Å². The first-order valence-corrected chi connectivity index (χ1v) is 9.85. The fraction of sp³-hybridized carbons (Fsp3) is 0.318. The van der Waals surface area contributed by atoms with Gasteiger partial charge in [-0.1, -0.05) is 45.2 Å². The predicted octanol–water partition coefficient (Wildman–Crippen LogP) is 5.04. The first-order valence-electron chi connectivity index (χ1n) is 9.04. The summed E-state index contributed by atoms with van der Waals surface area (Å²) in [5.74, 6) is 0.505. The van der Waals surface area contributed by atoms with Gasteiger partial charge in [-0.2, -0.15) is 0 Å². The van der Waals surface area contributed by atoms with Gasteiger partial charge in [0.25, 0.3) is 5.91 Å². The molecule has 0 aliphatic rings. The molecule has 148 valence electrons. The van der Waals surface area contributed by atoms with Crippen LogP contribution in [0.1, 0.15) is 61.9 Å². The Kier molecular flexibility index (Phi) is 7.02. The van der Waals surface area contributed by atoms with Crippen LogP contribution in [0.15, 0.2) is 48.2 Å². The Balaban J connectivity index is 2.09. The highest BCUT2D eigenvalue weighted by Crippen LogP contribution is 2.33. The van der Waals surface area contributed by atoms with Gasteiger partial charge in [0.1, 0.15) is 11.6 Å². The van der Waals surface area contributed by atoms with Crippen molar-refractivity contribution in [2.75, 3.05) is 0 Å². The number of phenolic OH excluding ortho intramolecular Hbond substituents is 1. The summed E-state index contributed by atoms with van der Waals surface area (Å²) in [5, 5.41) is 12.9. The minimum absolute atomic E-state index is 0.0281. The number of phenols is 1. The lowest BCUT2D eigenvalue weighted by Gasteiger charge is -2.16. The second-order valence-corrected chi connectivity index (χ2v) is 8.88. The van der Waals surface area contributed by atoms with Crippen molar-refractivity contribution in [2.24, 2.45) is 0 Å². The zero-order valence-electron chi connectivity index (χ0n) is 17.0. The Bertz CT molecular complexity index is 897. The van der Waals surface area contributed by atoms with Crippen LogP contribution < -0.4 is 5.32 Å². The molecule has 1 aromatic carbocycles. The number of hydrogen-bond donors (Lipinski definition) is 2. The van der Waals surface area contributed by atoms with Crippen LogP contribution in [-0.4, -0.2) is 21.0 Å². The second-order valence-electron chi connectivity index (χ2n) is 7.54. The van der Waals surface area contributed by atoms with Gasteiger partial charge in [0.15, 0.2) is 0 Å². The van der Waals surface area contributed by atoms with Gasteiger partial charge in [0, 0.05) is 40.4 Å². The normalized spacial score (nSPS) is 12.0. The Labute approximate surface area is 171 Å². The molecule has 0 spiro atoms. The first kappa shape index (κ1) is 21.7. The van der Waals surface area contributed by atoms with Crippen LogP contribution in [0.3, 0.4) is 0 Å². The summed E-state index contributed by atoms with van der Waals surface area (Å²) in [6, 6.07) is 4.78. The number of nitrogens with zero attached hydrogens (tertiary/aromatic N) is 2. The van der Waals surface area contributed by atoms with E-state index in [9.17, 15) is 9.90 Å². The zero-order valence-corrected chi connectivity index (χ0v) is 17.9. The van der Waals surface area contributed by atoms with E-state index in [0.29, 0.717) is 17.7 Å². The fourth-order valence-corrected chi connectivity index (χ4v) is 3.08. The van der Waals surface area contributed by atoms with Crippen molar-refractivity contribution in [1.29, 1.82) is 0 Å². The summed E-state index contributed by atoms with van der Waals surface area (Å²) in [5.41, 5.74) is 1.78. The van der Waals surface area contributed by atoms with E-state index in [0.717, 1.165) is 21.2 Å². The number of carbonyl (C=O) groups is 1. The van der Waals surface area contributed by atoms with E-state index in [1.807, 2.05) is 40.7 Å². The Hall–Kier alpha value is -2.60. The number of aromatic hydroxyl groups is 1. The van der Waals surface area contributed by atoms with Crippen molar-refractivity contribution in [3.63, 3.8) is 0 Å². The molecule has 1 aromatic heterocycles. The van der Waals surface area contributed by atoms with E-state index in [-0.39, 0.29) is 17.1 Å². The Morgan fingerprint density at radius 1 is 1.21 bits per heavy atom. The molecular formula is C22H27N3O2S. The molecule has 0 bridgehead atoms. The van der Waals surface area contributed by atoms with Crippen LogP contribution >= 0.6 is 11.8 Å². The monoisotopic (exact) mass is 397 g/mol. The number of thioether (sulfide) groups is 1. The van der Waals surface area contributed by atoms with Gasteiger partial charge < -0.3 is 10.4 Å². The number of hydrogen-bond acceptors (Lipinski definition) is 5. The second kappa shape index (κ2) is 9.06. The molecule has 0 aliphatic heterocycles. The molecule has 0 fully saturated rings. The van der Waals surface area contributed by atoms with Crippen LogP contribution in [-0.2, 0) is 12.0 Å². The molecule has 5 nitrogen and oxygen atoms in total. The highest BCUT2D eigenvalue weighted by Gasteiger charge is 2.17. The molecule has 0 saturated heterocycles. The molecule has 0 aliphatic carbocycles. The molecule has 1 amide bonds. The summed E-state index contributed by atoms with van der Waals surface area (Å²) in [6.07, 6.45) is 5.43. The van der Waals surface area contributed by atoms with Gasteiger partial charge in [-0.25, -0.2) is 9.97 Å². The van der Waals surface area contributed by atoms with E-state index < -0.39 is 0 Å². The van der Waals surface area contributed by atoms with E-state index in [2.05, 4.69) is 21.9 Å². The molecule has 0 atom stereocenters. The van der Waals surface area contributed by atoms with Gasteiger partial charge in [0.2, 0.25) is 0 Å². The third-order valence-corrected chi connectivity index (χ3v) is 5.06. The number of carbonyl (C=O) groups excluding carboxylic acids is 1. The molecule has 2 N–H and O–H groups in total. The average molecular weight is 398 g/mol. The number of benzene rings is 1. The van der Waals surface area contributed by atoms with Gasteiger partial charge in [-0.3, -0.25) is 4.79 Å². The molecule has 0 radical (unpaired) electrons. The van der Waals surface area contributed by atoms with Crippen LogP contribution in [0.5, 0.6) is 5.75 Å². The summed E-state index contributed by atoms with van der Waals surface area (Å²) < 4.78 is 0. The lowest BCUT2D eigenvalue weighted by molar-refractivity contribution is 0.0950. The summed E-state index contributed by atoms with van der Waals surface area (Å²) in [4.78, 5) is 23.1. The lowest BCUT2D eigenvalue weighted by Crippen LogP contribution is -2.23. The Morgan fingerprint density at radius 2 is 1.82 bits per heavy atom. The van der Waals surface area contributed by atoms with Crippen molar-refractivity contribution < 1.29 is 9.90 Å². The molecule has 2 rings (SSSR count). The smallest absolute Gasteiger partial charge is 0.251 e. The fourth-order valence-electron chi connectivity index (χ4n) is 2.33. The molecule has 0 saturated carbocycles. The topological polar surface area (TPSA) is 75.1 Å². The van der Waals surface area contributed by atoms with Crippen molar-refractivity contribution in [2.45, 2.75) is 46.6 Å². The van der Waals surface area contributed by atoms with Crippen molar-refractivity contribution in [3.05, 3.63) is 70.7 Å². The summed E-state index contributed by atoms with van der Waals surface area (Å²) in [6.45, 7) is 14.4. The number of aromatic nitrogens is 2. The van der Waals surface area contributed by atoms with Crippen molar-refractivity contribution in [1.82, 2.24) is 15.3 Å². The minimum Gasteiger partial charge on any atom is -0.508 e. The largest absolute Gasteiger partial charge is 0.508 e. The number of nitrogens with one attached hydrogen (secondary N) is 1. The number of amides is 1. The maximum absolute atomic E-state index is 12.5. The summed E-state index contributed by atoms with van der Waals surface area (Å²) >= 11 is 1.50. The van der Waals surface area contributed by atoms with Gasteiger partial charge in [-0.15, -0.1) is 0 Å². The van der Waals surface area contributed by atoms with Crippen LogP contribution in [0, 0.1) is 0 Å². The van der Waals surface area contributed by atoms with Crippen LogP contribution in [0.2, 0.25) is 0 Å². The standard InChI is InChI=1S/C22H27N3O2S/c1-7-14(2)28-15(3)17-8-18(10-19(26)9-17)20(27)23-11-16-12-24-21(25-13-16)22(4,5)6/h7-10,12-13,26H,3,11H2,1-2,4-6H3,(H,23,27)/b14-7-. The van der Waals surface area contributed by atoms with Crippen LogP contribution in [0.4, 0.5) is 0 Å². The molecule has 2 aromatic rings. The van der Waals surface area contributed by atoms with Crippen LogP contribution in [0.25, 0.3) is 4.91 Å². The highest BCUT2D eigenvalue weighted by atomic mass is 32.2. The number of rotatable bonds is 6. The summed E-state index contributed by atoms with van der Waals surface area (Å²) in [7, 11) is 0. The molecular weight excluding hydrogens is 370 g/mol. The van der Waals surface area contributed by atoms with Crippen molar-refractivity contribution in [3.8, 4) is 5.75 Å². The molecule has 6 heteroatoms. The minimum atomic E-state index is -0.280. The van der Waals surface area contributed by atoms with E-state index in [1.54, 1.807) is 24.5 Å². The third-order valence-electron chi connectivity index (χ3n) is 4.02. The molecule has 28 heavy (non-hydrogen) atoms. The first-order chi connectivity index (χ1) is 13.1. The average Bonchev–Trinajstić information content (AvgIpc) is 2.65. The SMILES string of the molecule is C=C(S/C(C)=C\C)c1cc(O)cc(C(=O)NCc2cnc(C(C)(C)C)nc2)c1. The zero-order chi connectivity index (χ0) is 20.9. The van der Waals surface area contributed by atoms with E-state index in [4.69, 9.17) is 0 Å². The number of allylic oxidation sites excluding steroid dienone is 2.